The molecule has 2 aliphatic heterocycles. The van der Waals surface area contributed by atoms with Gasteiger partial charge < -0.3 is 19.3 Å². The van der Waals surface area contributed by atoms with Gasteiger partial charge in [0.2, 0.25) is 11.8 Å². The van der Waals surface area contributed by atoms with Crippen LogP contribution in [0.3, 0.4) is 0 Å². The Hall–Kier alpha value is -4.80. The van der Waals surface area contributed by atoms with Crippen molar-refractivity contribution < 1.29 is 38.5 Å². The topological polar surface area (TPSA) is 123 Å². The Bertz CT molecular complexity index is 2010. The van der Waals surface area contributed by atoms with Crippen LogP contribution in [0.5, 0.6) is 23.0 Å². The highest BCUT2D eigenvalue weighted by molar-refractivity contribution is 6.53. The molecule has 6 atom stereocenters. The first-order valence-corrected chi connectivity index (χ1v) is 16.8. The van der Waals surface area contributed by atoms with Crippen molar-refractivity contribution in [2.24, 2.45) is 17.8 Å². The number of carbonyl (C=O) groups excluding carboxylic acids is 4. The predicted octanol–water partition coefficient (Wildman–Crippen LogP) is 5.78. The van der Waals surface area contributed by atoms with Crippen LogP contribution in [0.1, 0.15) is 35.4 Å². The number of hydrogen-bond acceptors (Lipinski definition) is 8. The number of anilines is 1. The Balaban J connectivity index is 1.24. The van der Waals surface area contributed by atoms with Crippen molar-refractivity contribution in [3.05, 3.63) is 89.0 Å². The second kappa shape index (κ2) is 12.2. The maximum absolute atomic E-state index is 14.4. The van der Waals surface area contributed by atoms with Crippen LogP contribution in [0.15, 0.2) is 72.3 Å². The third kappa shape index (κ3) is 4.75. The van der Waals surface area contributed by atoms with Gasteiger partial charge in [0, 0.05) is 24.1 Å². The molecule has 3 aromatic rings. The van der Waals surface area contributed by atoms with Gasteiger partial charge in [-0.25, -0.2) is 0 Å². The lowest BCUT2D eigenvalue weighted by Crippen LogP contribution is -2.60. The number of alkyl halides is 2. The number of phenols is 1. The second-order valence-electron chi connectivity index (χ2n) is 13.0. The summed E-state index contributed by atoms with van der Waals surface area (Å²) in [5.74, 6) is -4.03. The number of benzene rings is 3. The first-order valence-electron chi connectivity index (χ1n) is 16.0. The highest BCUT2D eigenvalue weighted by Gasteiger charge is 2.76. The number of imide groups is 2. The number of allylic oxidation sites excluding steroid dienone is 2. The fourth-order valence-electron chi connectivity index (χ4n) is 8.12. The largest absolute Gasteiger partial charge is 0.508 e. The van der Waals surface area contributed by atoms with E-state index >= 15 is 0 Å². The molecule has 258 valence electrons. The average molecular weight is 718 g/mol. The number of hydrogen-bond donors (Lipinski definition) is 1. The number of likely N-dealkylation sites (tertiary alicyclic amines) is 1. The number of halogens is 2. The lowest BCUT2D eigenvalue weighted by molar-refractivity contribution is -0.138. The molecular formula is C38H34Cl2N2O8. The van der Waals surface area contributed by atoms with Crippen molar-refractivity contribution in [1.82, 2.24) is 4.90 Å². The fourth-order valence-corrected chi connectivity index (χ4v) is 9.14. The molecule has 10 nitrogen and oxygen atoms in total. The van der Waals surface area contributed by atoms with E-state index in [4.69, 9.17) is 37.4 Å². The van der Waals surface area contributed by atoms with Crippen molar-refractivity contribution in [3.63, 3.8) is 0 Å². The molecule has 6 unspecified atom stereocenters. The normalized spacial score (nSPS) is 28.8. The van der Waals surface area contributed by atoms with E-state index in [1.807, 2.05) is 36.4 Å². The molecule has 1 saturated carbocycles. The van der Waals surface area contributed by atoms with Crippen LogP contribution in [-0.4, -0.2) is 71.8 Å². The van der Waals surface area contributed by atoms with Gasteiger partial charge >= 0.3 is 0 Å². The molecule has 0 radical (unpaired) electrons. The fraction of sp³-hybridized carbons (Fsp3) is 0.316. The van der Waals surface area contributed by atoms with Crippen LogP contribution in [0.2, 0.25) is 0 Å². The van der Waals surface area contributed by atoms with Gasteiger partial charge in [0.25, 0.3) is 11.8 Å². The van der Waals surface area contributed by atoms with E-state index in [0.29, 0.717) is 28.5 Å². The number of amides is 4. The van der Waals surface area contributed by atoms with Crippen LogP contribution in [0.25, 0.3) is 12.2 Å². The van der Waals surface area contributed by atoms with E-state index < -0.39 is 51.1 Å². The lowest BCUT2D eigenvalue weighted by atomic mass is 9.56. The van der Waals surface area contributed by atoms with E-state index in [-0.39, 0.29) is 30.1 Å². The number of phenolic OH excluding ortho intramolecular Hbond substituents is 1. The molecule has 4 aliphatic rings. The van der Waals surface area contributed by atoms with Crippen molar-refractivity contribution in [2.75, 3.05) is 33.3 Å². The Morgan fingerprint density at radius 3 is 2.18 bits per heavy atom. The second-order valence-corrected chi connectivity index (χ2v) is 14.2. The van der Waals surface area contributed by atoms with Gasteiger partial charge in [-0.15, -0.1) is 23.2 Å². The summed E-state index contributed by atoms with van der Waals surface area (Å²) in [5, 5.41) is 11.1. The minimum Gasteiger partial charge on any atom is -0.508 e. The highest BCUT2D eigenvalue weighted by Crippen LogP contribution is 2.66. The molecule has 7 rings (SSSR count). The van der Waals surface area contributed by atoms with Gasteiger partial charge in [0.1, 0.15) is 23.0 Å². The van der Waals surface area contributed by atoms with Crippen LogP contribution < -0.4 is 19.1 Å². The summed E-state index contributed by atoms with van der Waals surface area (Å²) in [7, 11) is 5.96. The molecule has 12 heteroatoms. The van der Waals surface area contributed by atoms with Crippen LogP contribution in [0.4, 0.5) is 5.69 Å². The molecule has 2 aliphatic carbocycles. The number of rotatable bonds is 7. The van der Waals surface area contributed by atoms with Gasteiger partial charge in [0.05, 0.1) is 38.9 Å². The van der Waals surface area contributed by atoms with Crippen LogP contribution >= 0.6 is 23.2 Å². The van der Waals surface area contributed by atoms with Crippen LogP contribution in [0, 0.1) is 17.8 Å². The summed E-state index contributed by atoms with van der Waals surface area (Å²) < 4.78 is 16.2. The summed E-state index contributed by atoms with van der Waals surface area (Å²) in [6.07, 6.45) is 5.64. The number of methoxy groups -OCH3 is 3. The third-order valence-corrected chi connectivity index (χ3v) is 12.0. The van der Waals surface area contributed by atoms with Crippen molar-refractivity contribution in [2.45, 2.75) is 28.5 Å². The summed E-state index contributed by atoms with van der Waals surface area (Å²) in [6.45, 7) is 0. The Kier molecular flexibility index (Phi) is 8.22. The Labute approximate surface area is 298 Å². The van der Waals surface area contributed by atoms with Crippen molar-refractivity contribution >= 4 is 64.7 Å². The molecule has 0 spiro atoms. The molecular weight excluding hydrogens is 683 g/mol. The molecule has 4 amide bonds. The first-order chi connectivity index (χ1) is 23.9. The summed E-state index contributed by atoms with van der Waals surface area (Å²) in [6, 6.07) is 17.0. The first kappa shape index (κ1) is 33.7. The molecule has 2 saturated heterocycles. The van der Waals surface area contributed by atoms with E-state index in [0.717, 1.165) is 16.0 Å². The van der Waals surface area contributed by atoms with Gasteiger partial charge in [-0.2, -0.15) is 0 Å². The van der Waals surface area contributed by atoms with Crippen molar-refractivity contribution in [1.29, 1.82) is 0 Å². The van der Waals surface area contributed by atoms with Gasteiger partial charge in [-0.3, -0.25) is 29.0 Å². The summed E-state index contributed by atoms with van der Waals surface area (Å²) in [5.41, 5.74) is 2.85. The molecule has 0 bridgehead atoms. The van der Waals surface area contributed by atoms with Crippen molar-refractivity contribution in [3.8, 4) is 23.0 Å². The molecule has 3 aromatic carbocycles. The Morgan fingerprint density at radius 1 is 0.820 bits per heavy atom. The minimum atomic E-state index is -2.01. The van der Waals surface area contributed by atoms with E-state index in [1.54, 1.807) is 50.6 Å². The lowest BCUT2D eigenvalue weighted by Gasteiger charge is -2.50. The monoisotopic (exact) mass is 716 g/mol. The zero-order chi connectivity index (χ0) is 35.7. The zero-order valence-corrected chi connectivity index (χ0v) is 29.2. The molecule has 3 fully saturated rings. The highest BCUT2D eigenvalue weighted by atomic mass is 35.5. The van der Waals surface area contributed by atoms with Gasteiger partial charge in [0.15, 0.2) is 9.75 Å². The number of fused-ring (bicyclic) bond motifs is 4. The number of aromatic hydroxyl groups is 1. The predicted molar refractivity (Wildman–Crippen MR) is 188 cm³/mol. The zero-order valence-electron chi connectivity index (χ0n) is 27.7. The van der Waals surface area contributed by atoms with Gasteiger partial charge in [-0.1, -0.05) is 35.9 Å². The van der Waals surface area contributed by atoms with E-state index in [2.05, 4.69) is 0 Å². The molecule has 50 heavy (non-hydrogen) atoms. The van der Waals surface area contributed by atoms with Crippen LogP contribution in [-0.2, 0) is 19.2 Å². The third-order valence-electron chi connectivity index (χ3n) is 10.6. The maximum atomic E-state index is 14.4. The number of nitrogens with zero attached hydrogens (tertiary/aromatic N) is 2. The Morgan fingerprint density at radius 2 is 1.50 bits per heavy atom. The van der Waals surface area contributed by atoms with Gasteiger partial charge in [-0.05, 0) is 72.9 Å². The molecule has 1 N–H and O–H groups in total. The number of ether oxygens (including phenoxy) is 3. The molecule has 0 aromatic heterocycles. The smallest absolute Gasteiger partial charge is 0.253 e. The SMILES string of the molecule is COc1ccc(OC)c(C=Cc2ccc(N3C(=O)C4CC=C5C(CC6(Cl)C(=O)N(C)C(=O)C6(Cl)C5c5cc(OC)ccc5O)C4C3=O)cc2)c1. The van der Waals surface area contributed by atoms with E-state index in [9.17, 15) is 24.3 Å². The standard InChI is InChI=1S/C38H34Cl2N2O8/c1-41-35(46)37(39)19-28-25(32(38(37,40)36(41)47)27-18-24(49-3)11-15-29(27)43)13-14-26-31(28)34(45)42(33(26)44)22-9-6-20(7-10-22)5-8-21-17-23(48-2)12-16-30(21)50-4/h5-13,15-18,26,28,31-32,43H,14,19H2,1-4H3. The maximum Gasteiger partial charge on any atom is 0.253 e. The summed E-state index contributed by atoms with van der Waals surface area (Å²) in [4.78, 5) is 54.0. The number of carbonyl (C=O) groups is 4. The average Bonchev–Trinajstić information content (AvgIpc) is 3.45. The molecule has 2 heterocycles. The quantitative estimate of drug-likeness (QED) is 0.141. The minimum absolute atomic E-state index is 0.147. The summed E-state index contributed by atoms with van der Waals surface area (Å²) >= 11 is 14.5. The van der Waals surface area contributed by atoms with E-state index in [1.165, 1.54) is 25.1 Å².